The third-order valence-electron chi connectivity index (χ3n) is 6.99. The van der Waals surface area contributed by atoms with Gasteiger partial charge in [0.05, 0.1) is 33.9 Å². The van der Waals surface area contributed by atoms with Crippen molar-refractivity contribution in [3.63, 3.8) is 0 Å². The van der Waals surface area contributed by atoms with E-state index < -0.39 is 11.9 Å². The molecule has 3 aromatic rings. The fraction of sp³-hybridized carbons (Fsp3) is 0.323. The highest BCUT2D eigenvalue weighted by atomic mass is 35.5. The van der Waals surface area contributed by atoms with Crippen molar-refractivity contribution < 1.29 is 14.4 Å². The first-order valence-electron chi connectivity index (χ1n) is 13.4. The third-order valence-corrected chi connectivity index (χ3v) is 7.62. The van der Waals surface area contributed by atoms with Gasteiger partial charge < -0.3 is 10.2 Å². The average Bonchev–Trinajstić information content (AvgIpc) is 2.92. The number of nitrogens with zero attached hydrogens (tertiary/aromatic N) is 3. The lowest BCUT2D eigenvalue weighted by molar-refractivity contribution is -0.121. The number of urea groups is 1. The Morgan fingerprint density at radius 3 is 2.30 bits per heavy atom. The molecule has 0 unspecified atom stereocenters. The van der Waals surface area contributed by atoms with Crippen LogP contribution in [0.2, 0.25) is 10.0 Å². The van der Waals surface area contributed by atoms with Crippen molar-refractivity contribution in [3.05, 3.63) is 93.5 Å². The average molecular weight is 582 g/mol. The van der Waals surface area contributed by atoms with Crippen LogP contribution in [0.3, 0.4) is 0 Å². The predicted molar refractivity (Wildman–Crippen MR) is 162 cm³/mol. The van der Waals surface area contributed by atoms with Crippen molar-refractivity contribution in [3.8, 4) is 0 Å². The summed E-state index contributed by atoms with van der Waals surface area (Å²) in [5.41, 5.74) is 3.79. The van der Waals surface area contributed by atoms with Gasteiger partial charge in [0.15, 0.2) is 5.78 Å². The second-order valence-corrected chi connectivity index (χ2v) is 10.9. The molecule has 0 saturated carbocycles. The van der Waals surface area contributed by atoms with Crippen molar-refractivity contribution in [2.24, 2.45) is 0 Å². The first-order valence-corrected chi connectivity index (χ1v) is 14.1. The number of hydrogen-bond donors (Lipinski definition) is 1. The molecule has 1 heterocycles. The topological polar surface area (TPSA) is 73.0 Å². The maximum Gasteiger partial charge on any atom is 0.329 e. The first kappa shape index (κ1) is 29.6. The minimum Gasteiger partial charge on any atom is -0.342 e. The van der Waals surface area contributed by atoms with Crippen LogP contribution in [-0.2, 0) is 17.8 Å². The van der Waals surface area contributed by atoms with E-state index in [9.17, 15) is 14.4 Å². The maximum atomic E-state index is 13.3. The van der Waals surface area contributed by atoms with Gasteiger partial charge in [-0.3, -0.25) is 19.4 Å². The Morgan fingerprint density at radius 1 is 0.975 bits per heavy atom. The van der Waals surface area contributed by atoms with Crippen LogP contribution in [0.15, 0.2) is 66.7 Å². The van der Waals surface area contributed by atoms with Gasteiger partial charge in [-0.15, -0.1) is 0 Å². The maximum absolute atomic E-state index is 13.3. The summed E-state index contributed by atoms with van der Waals surface area (Å²) in [6.07, 6.45) is 1.30. The van der Waals surface area contributed by atoms with E-state index in [0.29, 0.717) is 32.4 Å². The standard InChI is InChI=1S/C31H34Cl2N4O3/c1-4-36-27-12-6-5-9-22(27)20-37(31(36)40)23-16-14-21(15-17-23)19-26(28(38)13-8-18-35(2)3)34-30(39)29-24(32)10-7-11-25(29)33/h5-7,9-12,14-17,26H,4,8,13,18-20H2,1-3H3,(H,34,39)/t26-/m0/s1. The molecule has 7 nitrogen and oxygen atoms in total. The summed E-state index contributed by atoms with van der Waals surface area (Å²) in [6.45, 7) is 3.77. The van der Waals surface area contributed by atoms with E-state index in [1.54, 1.807) is 28.0 Å². The number of para-hydroxylation sites is 1. The quantitative estimate of drug-likeness (QED) is 0.292. The summed E-state index contributed by atoms with van der Waals surface area (Å²) in [6, 6.07) is 19.5. The van der Waals surface area contributed by atoms with E-state index in [4.69, 9.17) is 23.2 Å². The molecule has 0 saturated heterocycles. The van der Waals surface area contributed by atoms with Gasteiger partial charge in [0, 0.05) is 18.7 Å². The summed E-state index contributed by atoms with van der Waals surface area (Å²) < 4.78 is 0. The van der Waals surface area contributed by atoms with E-state index in [1.807, 2.05) is 74.4 Å². The number of nitrogens with one attached hydrogen (secondary N) is 1. The van der Waals surface area contributed by atoms with Gasteiger partial charge in [-0.25, -0.2) is 4.79 Å². The molecule has 4 rings (SSSR count). The van der Waals surface area contributed by atoms with Crippen LogP contribution in [-0.4, -0.2) is 55.8 Å². The van der Waals surface area contributed by atoms with Gasteiger partial charge in [0.25, 0.3) is 5.91 Å². The van der Waals surface area contributed by atoms with E-state index in [0.717, 1.165) is 29.0 Å². The van der Waals surface area contributed by atoms with E-state index in [-0.39, 0.29) is 27.4 Å². The number of halogens is 2. The Balaban J connectivity index is 1.53. The van der Waals surface area contributed by atoms with Crippen LogP contribution in [0.1, 0.15) is 41.3 Å². The van der Waals surface area contributed by atoms with Crippen LogP contribution in [0.4, 0.5) is 16.2 Å². The minimum atomic E-state index is -0.757. The Labute approximate surface area is 245 Å². The second-order valence-electron chi connectivity index (χ2n) is 10.1. The number of Topliss-reactive ketones (excluding diaryl/α,β-unsaturated/α-hetero) is 1. The molecule has 0 fully saturated rings. The first-order chi connectivity index (χ1) is 19.2. The Hall–Kier alpha value is -3.39. The molecule has 0 aromatic heterocycles. The molecular formula is C31H34Cl2N4O3. The van der Waals surface area contributed by atoms with Crippen molar-refractivity contribution in [1.82, 2.24) is 10.2 Å². The molecule has 1 atom stereocenters. The number of fused-ring (bicyclic) bond motifs is 1. The van der Waals surface area contributed by atoms with Crippen LogP contribution in [0.25, 0.3) is 0 Å². The van der Waals surface area contributed by atoms with Gasteiger partial charge in [-0.2, -0.15) is 0 Å². The summed E-state index contributed by atoms with van der Waals surface area (Å²) in [4.78, 5) is 45.2. The summed E-state index contributed by atoms with van der Waals surface area (Å²) in [5.74, 6) is -0.556. The van der Waals surface area contributed by atoms with Gasteiger partial charge in [0.1, 0.15) is 0 Å². The smallest absolute Gasteiger partial charge is 0.329 e. The highest BCUT2D eigenvalue weighted by molar-refractivity contribution is 6.39. The Bertz CT molecular complexity index is 1360. The van der Waals surface area contributed by atoms with Crippen LogP contribution in [0.5, 0.6) is 0 Å². The van der Waals surface area contributed by atoms with Crippen LogP contribution in [0, 0.1) is 0 Å². The fourth-order valence-corrected chi connectivity index (χ4v) is 5.45. The molecule has 210 valence electrons. The highest BCUT2D eigenvalue weighted by Gasteiger charge is 2.30. The molecule has 0 radical (unpaired) electrons. The SMILES string of the molecule is CCN1C(=O)N(c2ccc(C[C@H](NC(=O)c3c(Cl)cccc3Cl)C(=O)CCCN(C)C)cc2)Cc2ccccc21. The molecule has 1 N–H and O–H groups in total. The number of hydrogen-bond acceptors (Lipinski definition) is 4. The molecule has 40 heavy (non-hydrogen) atoms. The largest absolute Gasteiger partial charge is 0.342 e. The molecule has 1 aliphatic heterocycles. The van der Waals surface area contributed by atoms with Crippen molar-refractivity contribution in [1.29, 1.82) is 0 Å². The molecule has 0 spiro atoms. The second kappa shape index (κ2) is 13.3. The van der Waals surface area contributed by atoms with Crippen molar-refractivity contribution in [2.75, 3.05) is 37.0 Å². The Kier molecular flexibility index (Phi) is 9.85. The van der Waals surface area contributed by atoms with Gasteiger partial charge in [0.2, 0.25) is 0 Å². The molecule has 0 bridgehead atoms. The lowest BCUT2D eigenvalue weighted by atomic mass is 9.98. The molecular weight excluding hydrogens is 547 g/mol. The van der Waals surface area contributed by atoms with Crippen molar-refractivity contribution in [2.45, 2.75) is 38.8 Å². The lowest BCUT2D eigenvalue weighted by Crippen LogP contribution is -2.47. The summed E-state index contributed by atoms with van der Waals surface area (Å²) >= 11 is 12.5. The zero-order chi connectivity index (χ0) is 28.8. The van der Waals surface area contributed by atoms with Crippen LogP contribution >= 0.6 is 23.2 Å². The molecule has 3 aromatic carbocycles. The predicted octanol–water partition coefficient (Wildman–Crippen LogP) is 6.21. The fourth-order valence-electron chi connectivity index (χ4n) is 4.88. The number of anilines is 2. The number of amides is 3. The van der Waals surface area contributed by atoms with Gasteiger partial charge in [-0.1, -0.05) is 59.6 Å². The summed E-state index contributed by atoms with van der Waals surface area (Å²) in [5, 5.41) is 3.32. The van der Waals surface area contributed by atoms with Gasteiger partial charge in [-0.05, 0) is 81.9 Å². The number of carbonyl (C=O) groups is 3. The third kappa shape index (κ3) is 6.84. The summed E-state index contributed by atoms with van der Waals surface area (Å²) in [7, 11) is 3.91. The number of ketones is 1. The normalized spacial score (nSPS) is 13.8. The van der Waals surface area contributed by atoms with Crippen LogP contribution < -0.4 is 15.1 Å². The zero-order valence-electron chi connectivity index (χ0n) is 23.0. The van der Waals surface area contributed by atoms with E-state index in [1.165, 1.54) is 0 Å². The number of carbonyl (C=O) groups excluding carboxylic acids is 3. The number of rotatable bonds is 11. The van der Waals surface area contributed by atoms with E-state index in [2.05, 4.69) is 5.32 Å². The van der Waals surface area contributed by atoms with Gasteiger partial charge >= 0.3 is 6.03 Å². The molecule has 9 heteroatoms. The minimum absolute atomic E-state index is 0.0659. The zero-order valence-corrected chi connectivity index (χ0v) is 24.5. The Morgan fingerprint density at radius 2 is 1.65 bits per heavy atom. The highest BCUT2D eigenvalue weighted by Crippen LogP contribution is 2.32. The lowest BCUT2D eigenvalue weighted by Gasteiger charge is -2.36. The van der Waals surface area contributed by atoms with Crippen molar-refractivity contribution >= 4 is 52.3 Å². The van der Waals surface area contributed by atoms with E-state index >= 15 is 0 Å². The molecule has 3 amide bonds. The molecule has 1 aliphatic rings. The monoisotopic (exact) mass is 580 g/mol. The number of benzene rings is 3. The molecule has 0 aliphatic carbocycles.